The second-order valence-corrected chi connectivity index (χ2v) is 7.48. The Hall–Kier alpha value is -2.11. The Labute approximate surface area is 169 Å². The SMILES string of the molecule is CCNC(=NCc1ccc2ccccc2c1)NC1CCN(CCCOC)CC1. The Kier molecular flexibility index (Phi) is 8.12. The first-order valence-electron chi connectivity index (χ1n) is 10.5. The lowest BCUT2D eigenvalue weighted by atomic mass is 10.1. The number of fused-ring (bicyclic) bond motifs is 1. The van der Waals surface area contributed by atoms with Gasteiger partial charge in [0, 0.05) is 45.9 Å². The first kappa shape index (κ1) is 20.6. The summed E-state index contributed by atoms with van der Waals surface area (Å²) in [5.74, 6) is 0.925. The number of piperidine rings is 1. The number of hydrogen-bond donors (Lipinski definition) is 2. The van der Waals surface area contributed by atoms with E-state index in [1.807, 2.05) is 0 Å². The quantitative estimate of drug-likeness (QED) is 0.417. The second kappa shape index (κ2) is 11.0. The molecule has 5 heteroatoms. The highest BCUT2D eigenvalue weighted by molar-refractivity contribution is 5.83. The van der Waals surface area contributed by atoms with E-state index >= 15 is 0 Å². The van der Waals surface area contributed by atoms with Crippen molar-refractivity contribution >= 4 is 16.7 Å². The molecule has 152 valence electrons. The van der Waals surface area contributed by atoms with E-state index in [4.69, 9.17) is 9.73 Å². The highest BCUT2D eigenvalue weighted by atomic mass is 16.5. The normalized spacial score (nSPS) is 16.4. The van der Waals surface area contributed by atoms with Gasteiger partial charge < -0.3 is 20.3 Å². The number of benzene rings is 2. The molecule has 1 aliphatic heterocycles. The van der Waals surface area contributed by atoms with Gasteiger partial charge in [-0.1, -0.05) is 36.4 Å². The predicted molar refractivity (Wildman–Crippen MR) is 118 cm³/mol. The zero-order valence-corrected chi connectivity index (χ0v) is 17.3. The summed E-state index contributed by atoms with van der Waals surface area (Å²) in [5, 5.41) is 9.59. The van der Waals surface area contributed by atoms with Gasteiger partial charge in [0.25, 0.3) is 0 Å². The molecule has 5 nitrogen and oxygen atoms in total. The standard InChI is InChI=1S/C23H34N4O/c1-3-24-23(26-22-11-14-27(15-12-22)13-6-16-28-2)25-18-19-9-10-20-7-4-5-8-21(20)17-19/h4-5,7-10,17,22H,3,6,11-16,18H2,1-2H3,(H2,24,25,26). The number of guanidine groups is 1. The molecule has 0 amide bonds. The van der Waals surface area contributed by atoms with Crippen molar-refractivity contribution in [2.75, 3.05) is 39.9 Å². The topological polar surface area (TPSA) is 48.9 Å². The summed E-state index contributed by atoms with van der Waals surface area (Å²) in [5.41, 5.74) is 1.24. The fourth-order valence-electron chi connectivity index (χ4n) is 3.75. The highest BCUT2D eigenvalue weighted by Gasteiger charge is 2.19. The van der Waals surface area contributed by atoms with Gasteiger partial charge in [0.15, 0.2) is 5.96 Å². The summed E-state index contributed by atoms with van der Waals surface area (Å²) in [4.78, 5) is 7.37. The van der Waals surface area contributed by atoms with Crippen molar-refractivity contribution in [3.63, 3.8) is 0 Å². The van der Waals surface area contributed by atoms with Crippen LogP contribution in [0, 0.1) is 0 Å². The lowest BCUT2D eigenvalue weighted by Gasteiger charge is -2.33. The van der Waals surface area contributed by atoms with Crippen LogP contribution in [0.3, 0.4) is 0 Å². The molecule has 2 N–H and O–H groups in total. The fraction of sp³-hybridized carbons (Fsp3) is 0.522. The first-order chi connectivity index (χ1) is 13.8. The summed E-state index contributed by atoms with van der Waals surface area (Å²) in [6, 6.07) is 15.6. The van der Waals surface area contributed by atoms with Crippen molar-refractivity contribution in [1.29, 1.82) is 0 Å². The van der Waals surface area contributed by atoms with E-state index in [0.29, 0.717) is 12.6 Å². The summed E-state index contributed by atoms with van der Waals surface area (Å²) in [7, 11) is 1.77. The molecule has 0 aliphatic carbocycles. The maximum Gasteiger partial charge on any atom is 0.191 e. The summed E-state index contributed by atoms with van der Waals surface area (Å²) < 4.78 is 5.16. The van der Waals surface area contributed by atoms with Crippen molar-refractivity contribution in [3.05, 3.63) is 48.0 Å². The van der Waals surface area contributed by atoms with Crippen molar-refractivity contribution < 1.29 is 4.74 Å². The molecule has 2 aromatic rings. The largest absolute Gasteiger partial charge is 0.385 e. The van der Waals surface area contributed by atoms with Crippen LogP contribution >= 0.6 is 0 Å². The molecule has 1 saturated heterocycles. The Morgan fingerprint density at radius 3 is 2.68 bits per heavy atom. The first-order valence-corrected chi connectivity index (χ1v) is 10.5. The third-order valence-electron chi connectivity index (χ3n) is 5.33. The molecule has 3 rings (SSSR count). The summed E-state index contributed by atoms with van der Waals surface area (Å²) >= 11 is 0. The molecule has 0 saturated carbocycles. The van der Waals surface area contributed by atoms with E-state index in [0.717, 1.165) is 58.0 Å². The van der Waals surface area contributed by atoms with Crippen LogP contribution in [0.1, 0.15) is 31.7 Å². The average Bonchev–Trinajstić information content (AvgIpc) is 2.73. The average molecular weight is 383 g/mol. The minimum atomic E-state index is 0.494. The number of aliphatic imine (C=N–C) groups is 1. The fourth-order valence-corrected chi connectivity index (χ4v) is 3.75. The Balaban J connectivity index is 1.52. The van der Waals surface area contributed by atoms with Gasteiger partial charge in [0.1, 0.15) is 0 Å². The predicted octanol–water partition coefficient (Wildman–Crippen LogP) is 3.40. The zero-order chi connectivity index (χ0) is 19.6. The molecule has 28 heavy (non-hydrogen) atoms. The number of ether oxygens (including phenoxy) is 1. The van der Waals surface area contributed by atoms with Gasteiger partial charge in [-0.25, -0.2) is 4.99 Å². The molecule has 0 unspecified atom stereocenters. The van der Waals surface area contributed by atoms with Crippen molar-refractivity contribution in [2.45, 2.75) is 38.8 Å². The molecule has 1 fully saturated rings. The highest BCUT2D eigenvalue weighted by Crippen LogP contribution is 2.16. The number of nitrogens with one attached hydrogen (secondary N) is 2. The minimum Gasteiger partial charge on any atom is -0.385 e. The van der Waals surface area contributed by atoms with Gasteiger partial charge in [-0.2, -0.15) is 0 Å². The van der Waals surface area contributed by atoms with Gasteiger partial charge >= 0.3 is 0 Å². The Bertz CT molecular complexity index is 753. The zero-order valence-electron chi connectivity index (χ0n) is 17.3. The minimum absolute atomic E-state index is 0.494. The van der Waals surface area contributed by atoms with Gasteiger partial charge in [-0.15, -0.1) is 0 Å². The number of rotatable bonds is 8. The summed E-state index contributed by atoms with van der Waals surface area (Å²) in [6.45, 7) is 7.96. The van der Waals surface area contributed by atoms with Gasteiger partial charge in [0.05, 0.1) is 6.54 Å². The third kappa shape index (κ3) is 6.21. The molecule has 0 aromatic heterocycles. The van der Waals surface area contributed by atoms with Crippen LogP contribution in [0.25, 0.3) is 10.8 Å². The summed E-state index contributed by atoms with van der Waals surface area (Å²) in [6.07, 6.45) is 3.44. The number of nitrogens with zero attached hydrogens (tertiary/aromatic N) is 2. The van der Waals surface area contributed by atoms with Crippen molar-refractivity contribution in [3.8, 4) is 0 Å². The molecule has 0 spiro atoms. The maximum absolute atomic E-state index is 5.16. The maximum atomic E-state index is 5.16. The van der Waals surface area contributed by atoms with Crippen molar-refractivity contribution in [2.24, 2.45) is 4.99 Å². The molecule has 0 atom stereocenters. The molecule has 0 radical (unpaired) electrons. The van der Waals surface area contributed by atoms with Crippen LogP contribution in [0.5, 0.6) is 0 Å². The molecular weight excluding hydrogens is 348 g/mol. The van der Waals surface area contributed by atoms with Crippen LogP contribution < -0.4 is 10.6 Å². The van der Waals surface area contributed by atoms with Gasteiger partial charge in [0.2, 0.25) is 0 Å². The van der Waals surface area contributed by atoms with Gasteiger partial charge in [-0.3, -0.25) is 0 Å². The molecular formula is C23H34N4O. The number of methoxy groups -OCH3 is 1. The van der Waals surface area contributed by atoms with E-state index in [9.17, 15) is 0 Å². The van der Waals surface area contributed by atoms with E-state index in [-0.39, 0.29) is 0 Å². The molecule has 0 bridgehead atoms. The Morgan fingerprint density at radius 2 is 1.93 bits per heavy atom. The smallest absolute Gasteiger partial charge is 0.191 e. The number of hydrogen-bond acceptors (Lipinski definition) is 3. The molecule has 1 heterocycles. The second-order valence-electron chi connectivity index (χ2n) is 7.48. The molecule has 2 aromatic carbocycles. The lowest BCUT2D eigenvalue weighted by molar-refractivity contribution is 0.155. The van der Waals surface area contributed by atoms with Crippen LogP contribution in [-0.4, -0.2) is 56.8 Å². The van der Waals surface area contributed by atoms with Crippen LogP contribution in [-0.2, 0) is 11.3 Å². The number of likely N-dealkylation sites (tertiary alicyclic amines) is 1. The van der Waals surface area contributed by atoms with E-state index in [1.165, 1.54) is 16.3 Å². The third-order valence-corrected chi connectivity index (χ3v) is 5.33. The molecule has 1 aliphatic rings. The monoisotopic (exact) mass is 382 g/mol. The van der Waals surface area contributed by atoms with E-state index in [1.54, 1.807) is 7.11 Å². The van der Waals surface area contributed by atoms with Crippen LogP contribution in [0.15, 0.2) is 47.5 Å². The lowest BCUT2D eigenvalue weighted by Crippen LogP contribution is -2.48. The van der Waals surface area contributed by atoms with E-state index < -0.39 is 0 Å². The Morgan fingerprint density at radius 1 is 1.14 bits per heavy atom. The van der Waals surface area contributed by atoms with Crippen LogP contribution in [0.4, 0.5) is 0 Å². The van der Waals surface area contributed by atoms with Crippen LogP contribution in [0.2, 0.25) is 0 Å². The van der Waals surface area contributed by atoms with E-state index in [2.05, 4.69) is 64.9 Å². The van der Waals surface area contributed by atoms with Gasteiger partial charge in [-0.05, 0) is 48.6 Å². The van der Waals surface area contributed by atoms with Crippen molar-refractivity contribution in [1.82, 2.24) is 15.5 Å².